The zero-order valence-electron chi connectivity index (χ0n) is 19.2. The molecule has 4 atom stereocenters. The molecule has 0 saturated heterocycles. The summed E-state index contributed by atoms with van der Waals surface area (Å²) in [6, 6.07) is -5.19. The summed E-state index contributed by atoms with van der Waals surface area (Å²) >= 11 is 0. The predicted molar refractivity (Wildman–Crippen MR) is 120 cm³/mol. The van der Waals surface area contributed by atoms with Gasteiger partial charge in [0, 0.05) is 13.0 Å². The van der Waals surface area contributed by atoms with Crippen LogP contribution in [-0.4, -0.2) is 88.3 Å². The fourth-order valence-corrected chi connectivity index (χ4v) is 2.61. The number of carbonyl (C=O) groups is 5. The summed E-state index contributed by atoms with van der Waals surface area (Å²) in [5, 5.41) is 34.0. The van der Waals surface area contributed by atoms with Crippen molar-refractivity contribution in [3.63, 3.8) is 0 Å². The Morgan fingerprint density at radius 3 is 1.79 bits per heavy atom. The van der Waals surface area contributed by atoms with Crippen molar-refractivity contribution in [1.29, 1.82) is 0 Å². The van der Waals surface area contributed by atoms with Gasteiger partial charge in [-0.15, -0.1) is 0 Å². The minimum Gasteiger partial charge on any atom is -0.481 e. The molecule has 4 unspecified atom stereocenters. The van der Waals surface area contributed by atoms with Gasteiger partial charge in [0.05, 0.1) is 12.6 Å². The van der Waals surface area contributed by atoms with Crippen LogP contribution in [0.5, 0.6) is 0 Å². The van der Waals surface area contributed by atoms with Crippen molar-refractivity contribution in [2.24, 2.45) is 28.1 Å². The first-order valence-corrected chi connectivity index (χ1v) is 10.6. The van der Waals surface area contributed by atoms with E-state index < -0.39 is 66.9 Å². The van der Waals surface area contributed by atoms with Gasteiger partial charge >= 0.3 is 11.9 Å². The van der Waals surface area contributed by atoms with Gasteiger partial charge in [0.1, 0.15) is 18.1 Å². The van der Waals surface area contributed by atoms with Gasteiger partial charge < -0.3 is 48.5 Å². The molecule has 34 heavy (non-hydrogen) atoms. The Labute approximate surface area is 196 Å². The average molecular weight is 490 g/mol. The smallest absolute Gasteiger partial charge is 0.328 e. The number of guanidine groups is 1. The van der Waals surface area contributed by atoms with Crippen LogP contribution >= 0.6 is 0 Å². The first-order chi connectivity index (χ1) is 15.8. The van der Waals surface area contributed by atoms with E-state index >= 15 is 0 Å². The molecule has 0 aliphatic rings. The van der Waals surface area contributed by atoms with Crippen LogP contribution in [0.2, 0.25) is 0 Å². The van der Waals surface area contributed by atoms with Crippen LogP contribution in [0.15, 0.2) is 4.99 Å². The van der Waals surface area contributed by atoms with Crippen LogP contribution in [0, 0.1) is 5.92 Å². The average Bonchev–Trinajstić information content (AvgIpc) is 2.74. The minimum absolute atomic E-state index is 0.0305. The second-order valence-electron chi connectivity index (χ2n) is 7.86. The molecule has 15 heteroatoms. The largest absolute Gasteiger partial charge is 0.481 e. The highest BCUT2D eigenvalue weighted by Crippen LogP contribution is 2.06. The SMILES string of the molecule is CC(C)C(N)C(=O)NC(CCC(=O)O)C(=O)NC(CCCN=C(N)N)C(=O)NC(CO)C(=O)O. The number of hydrogen-bond acceptors (Lipinski definition) is 8. The number of hydrogen-bond donors (Lipinski definition) is 9. The maximum atomic E-state index is 12.9. The van der Waals surface area contributed by atoms with E-state index in [1.165, 1.54) is 0 Å². The summed E-state index contributed by atoms with van der Waals surface area (Å²) in [6.07, 6.45) is -0.564. The highest BCUT2D eigenvalue weighted by atomic mass is 16.4. The summed E-state index contributed by atoms with van der Waals surface area (Å²) in [5.74, 6) is -5.61. The number of aliphatic hydroxyl groups is 1. The molecule has 15 nitrogen and oxygen atoms in total. The summed E-state index contributed by atoms with van der Waals surface area (Å²) in [6.45, 7) is 2.59. The van der Waals surface area contributed by atoms with Crippen LogP contribution in [0.1, 0.15) is 39.5 Å². The molecule has 0 heterocycles. The molecule has 0 saturated carbocycles. The Kier molecular flexibility index (Phi) is 13.8. The van der Waals surface area contributed by atoms with E-state index in [1.54, 1.807) is 13.8 Å². The minimum atomic E-state index is -1.61. The summed E-state index contributed by atoms with van der Waals surface area (Å²) in [4.78, 5) is 63.6. The molecule has 0 aromatic carbocycles. The number of rotatable bonds is 16. The number of aliphatic carboxylic acids is 2. The van der Waals surface area contributed by atoms with Gasteiger partial charge in [0.2, 0.25) is 17.7 Å². The number of aliphatic imine (C=N–C) groups is 1. The molecule has 0 rings (SSSR count). The second kappa shape index (κ2) is 15.4. The van der Waals surface area contributed by atoms with Gasteiger partial charge in [-0.05, 0) is 25.2 Å². The van der Waals surface area contributed by atoms with Crippen molar-refractivity contribution in [1.82, 2.24) is 16.0 Å². The van der Waals surface area contributed by atoms with E-state index in [-0.39, 0.29) is 37.7 Å². The zero-order valence-corrected chi connectivity index (χ0v) is 19.2. The van der Waals surface area contributed by atoms with E-state index in [1.807, 2.05) is 0 Å². The summed E-state index contributed by atoms with van der Waals surface area (Å²) < 4.78 is 0. The van der Waals surface area contributed by atoms with Crippen LogP contribution in [-0.2, 0) is 24.0 Å². The topological polar surface area (TPSA) is 273 Å². The van der Waals surface area contributed by atoms with E-state index in [4.69, 9.17) is 32.5 Å². The third-order valence-electron chi connectivity index (χ3n) is 4.68. The molecule has 0 aromatic rings. The first kappa shape index (κ1) is 30.5. The molecule has 194 valence electrons. The lowest BCUT2D eigenvalue weighted by molar-refractivity contribution is -0.143. The van der Waals surface area contributed by atoms with Gasteiger partial charge in [0.15, 0.2) is 5.96 Å². The Morgan fingerprint density at radius 1 is 0.853 bits per heavy atom. The fourth-order valence-electron chi connectivity index (χ4n) is 2.61. The van der Waals surface area contributed by atoms with Crippen LogP contribution < -0.4 is 33.2 Å². The zero-order chi connectivity index (χ0) is 26.4. The number of aliphatic hydroxyl groups excluding tert-OH is 1. The monoisotopic (exact) mass is 489 g/mol. The first-order valence-electron chi connectivity index (χ1n) is 10.6. The number of carboxylic acids is 2. The number of nitrogens with zero attached hydrogens (tertiary/aromatic N) is 1. The lowest BCUT2D eigenvalue weighted by Crippen LogP contribution is -2.58. The molecular formula is C19H35N7O8. The Morgan fingerprint density at radius 2 is 1.35 bits per heavy atom. The van der Waals surface area contributed by atoms with E-state index in [2.05, 4.69) is 20.9 Å². The molecule has 0 aromatic heterocycles. The highest BCUT2D eigenvalue weighted by Gasteiger charge is 2.30. The molecule has 0 spiro atoms. The quantitative estimate of drug-likeness (QED) is 0.0580. The van der Waals surface area contributed by atoms with Crippen molar-refractivity contribution in [2.45, 2.75) is 63.7 Å². The fraction of sp³-hybridized carbons (Fsp3) is 0.684. The van der Waals surface area contributed by atoms with E-state index in [0.717, 1.165) is 0 Å². The van der Waals surface area contributed by atoms with Gasteiger partial charge in [-0.2, -0.15) is 0 Å². The lowest BCUT2D eigenvalue weighted by atomic mass is 10.0. The maximum absolute atomic E-state index is 12.9. The lowest BCUT2D eigenvalue weighted by Gasteiger charge is -2.25. The third-order valence-corrected chi connectivity index (χ3v) is 4.68. The van der Waals surface area contributed by atoms with Crippen molar-refractivity contribution in [3.05, 3.63) is 0 Å². The Hall–Kier alpha value is -3.46. The highest BCUT2D eigenvalue weighted by molar-refractivity contribution is 5.94. The summed E-state index contributed by atoms with van der Waals surface area (Å²) in [7, 11) is 0. The molecule has 12 N–H and O–H groups in total. The van der Waals surface area contributed by atoms with E-state index in [0.29, 0.717) is 0 Å². The number of amides is 3. The van der Waals surface area contributed by atoms with Crippen molar-refractivity contribution in [2.75, 3.05) is 13.2 Å². The third kappa shape index (κ3) is 12.0. The molecule has 0 bridgehead atoms. The van der Waals surface area contributed by atoms with Crippen molar-refractivity contribution < 1.29 is 39.3 Å². The standard InChI is InChI=1S/C19H35N7O8/c1-9(2)14(20)17(32)25-11(5-6-13(28)29)16(31)24-10(4-3-7-23-19(21)22)15(30)26-12(8-27)18(33)34/h9-12,14,27H,3-8,20H2,1-2H3,(H,24,31)(H,25,32)(H,26,30)(H,28,29)(H,33,34)(H4,21,22,23). The Balaban J connectivity index is 5.59. The van der Waals surface area contributed by atoms with Crippen molar-refractivity contribution in [3.8, 4) is 0 Å². The van der Waals surface area contributed by atoms with Crippen molar-refractivity contribution >= 4 is 35.6 Å². The maximum Gasteiger partial charge on any atom is 0.328 e. The molecule has 0 aliphatic carbocycles. The number of carboxylic acid groups (broad SMARTS) is 2. The van der Waals surface area contributed by atoms with Gasteiger partial charge in [-0.25, -0.2) is 4.79 Å². The normalized spacial score (nSPS) is 14.3. The summed E-state index contributed by atoms with van der Waals surface area (Å²) in [5.41, 5.74) is 16.3. The van der Waals surface area contributed by atoms with Crippen LogP contribution in [0.25, 0.3) is 0 Å². The molecule has 3 amide bonds. The number of carbonyl (C=O) groups excluding carboxylic acids is 3. The molecular weight excluding hydrogens is 454 g/mol. The second-order valence-corrected chi connectivity index (χ2v) is 7.86. The van der Waals surface area contributed by atoms with Crippen LogP contribution in [0.4, 0.5) is 0 Å². The Bertz CT molecular complexity index is 755. The number of nitrogens with two attached hydrogens (primary N) is 3. The van der Waals surface area contributed by atoms with Gasteiger partial charge in [-0.1, -0.05) is 13.8 Å². The van der Waals surface area contributed by atoms with Crippen LogP contribution in [0.3, 0.4) is 0 Å². The van der Waals surface area contributed by atoms with Gasteiger partial charge in [0.25, 0.3) is 0 Å². The molecule has 0 aliphatic heterocycles. The molecule has 0 radical (unpaired) electrons. The van der Waals surface area contributed by atoms with Gasteiger partial charge in [-0.3, -0.25) is 24.2 Å². The van der Waals surface area contributed by atoms with E-state index in [9.17, 15) is 24.0 Å². The molecule has 0 fully saturated rings. The predicted octanol–water partition coefficient (Wildman–Crippen LogP) is -3.58. The number of nitrogens with one attached hydrogen (secondary N) is 3.